The molecule has 0 aliphatic carbocycles. The van der Waals surface area contributed by atoms with Gasteiger partial charge < -0.3 is 14.4 Å². The minimum Gasteiger partial charge on any atom is -0.497 e. The van der Waals surface area contributed by atoms with Crippen molar-refractivity contribution in [3.05, 3.63) is 72.3 Å². The van der Waals surface area contributed by atoms with E-state index in [1.54, 1.807) is 70.6 Å². The third-order valence-electron chi connectivity index (χ3n) is 4.55. The summed E-state index contributed by atoms with van der Waals surface area (Å²) < 4.78 is 39.1. The number of benzene rings is 2. The lowest BCUT2D eigenvalue weighted by atomic mass is 9.98. The van der Waals surface area contributed by atoms with E-state index in [1.807, 2.05) is 0 Å². The maximum absolute atomic E-state index is 12.9. The minimum absolute atomic E-state index is 0.168. The Hall–Kier alpha value is -2.84. The van der Waals surface area contributed by atoms with Crippen LogP contribution in [0.5, 0.6) is 5.75 Å². The van der Waals surface area contributed by atoms with Crippen LogP contribution in [0.15, 0.2) is 71.6 Å². The quantitative estimate of drug-likeness (QED) is 0.610. The Kier molecular flexibility index (Phi) is 8.02. The van der Waals surface area contributed by atoms with Crippen molar-refractivity contribution in [3.8, 4) is 5.75 Å². The molecule has 0 aliphatic heterocycles. The van der Waals surface area contributed by atoms with E-state index in [4.69, 9.17) is 9.47 Å². The smallest absolute Gasteiger partial charge is 0.409 e. The van der Waals surface area contributed by atoms with Gasteiger partial charge in [0.25, 0.3) is 0 Å². The third-order valence-corrected chi connectivity index (χ3v) is 6.04. The Labute approximate surface area is 178 Å². The summed E-state index contributed by atoms with van der Waals surface area (Å²) in [5.74, 6) is 0.663. The number of hydrogen-bond donors (Lipinski definition) is 1. The number of carbonyl (C=O) groups excluding carboxylic acids is 1. The van der Waals surface area contributed by atoms with Crippen molar-refractivity contribution in [1.29, 1.82) is 0 Å². The van der Waals surface area contributed by atoms with E-state index in [0.29, 0.717) is 11.3 Å². The monoisotopic (exact) mass is 432 g/mol. The second-order valence-corrected chi connectivity index (χ2v) is 8.76. The lowest BCUT2D eigenvalue weighted by Gasteiger charge is -2.24. The van der Waals surface area contributed by atoms with E-state index in [9.17, 15) is 13.2 Å². The van der Waals surface area contributed by atoms with Gasteiger partial charge >= 0.3 is 6.09 Å². The lowest BCUT2D eigenvalue weighted by molar-refractivity contribution is 0.0948. The van der Waals surface area contributed by atoms with Crippen LogP contribution in [0.4, 0.5) is 4.79 Å². The first-order valence-electron chi connectivity index (χ1n) is 9.41. The zero-order valence-corrected chi connectivity index (χ0v) is 18.5. The van der Waals surface area contributed by atoms with Gasteiger partial charge in [-0.25, -0.2) is 17.9 Å². The molecule has 1 amide bonds. The summed E-state index contributed by atoms with van der Waals surface area (Å²) in [5, 5.41) is 0. The number of hydrogen-bond acceptors (Lipinski definition) is 5. The highest BCUT2D eigenvalue weighted by atomic mass is 32.2. The van der Waals surface area contributed by atoms with Crippen LogP contribution in [0.25, 0.3) is 0 Å². The van der Waals surface area contributed by atoms with Crippen LogP contribution in [-0.2, 0) is 14.8 Å². The van der Waals surface area contributed by atoms with Crippen LogP contribution in [0.1, 0.15) is 24.9 Å². The van der Waals surface area contributed by atoms with Gasteiger partial charge in [-0.05, 0) is 48.7 Å². The Balaban J connectivity index is 2.27. The molecule has 0 saturated heterocycles. The molecule has 0 fully saturated rings. The van der Waals surface area contributed by atoms with Gasteiger partial charge in [0, 0.05) is 14.1 Å². The van der Waals surface area contributed by atoms with Crippen LogP contribution < -0.4 is 9.46 Å². The first-order chi connectivity index (χ1) is 14.1. The summed E-state index contributed by atoms with van der Waals surface area (Å²) in [6.07, 6.45) is -0.823. The molecule has 2 atom stereocenters. The Morgan fingerprint density at radius 2 is 1.70 bits per heavy atom. The predicted molar refractivity (Wildman–Crippen MR) is 116 cm³/mol. The summed E-state index contributed by atoms with van der Waals surface area (Å²) in [4.78, 5) is 13.3. The fraction of sp³-hybridized carbons (Fsp3) is 0.318. The molecule has 2 rings (SSSR count). The van der Waals surface area contributed by atoms with Gasteiger partial charge in [-0.2, -0.15) is 0 Å². The van der Waals surface area contributed by atoms with Gasteiger partial charge in [0.05, 0.1) is 18.0 Å². The van der Waals surface area contributed by atoms with E-state index >= 15 is 0 Å². The molecule has 0 radical (unpaired) electrons. The van der Waals surface area contributed by atoms with Crippen molar-refractivity contribution in [1.82, 2.24) is 9.62 Å². The highest BCUT2D eigenvalue weighted by Gasteiger charge is 2.24. The molecule has 8 heteroatoms. The van der Waals surface area contributed by atoms with Crippen LogP contribution in [0.3, 0.4) is 0 Å². The number of ether oxygens (including phenoxy) is 2. The van der Waals surface area contributed by atoms with Crippen LogP contribution >= 0.6 is 0 Å². The van der Waals surface area contributed by atoms with Crippen LogP contribution in [0.2, 0.25) is 0 Å². The van der Waals surface area contributed by atoms with Gasteiger partial charge in [0.1, 0.15) is 11.9 Å². The Morgan fingerprint density at radius 1 is 1.10 bits per heavy atom. The number of methoxy groups -OCH3 is 1. The predicted octanol–water partition coefficient (Wildman–Crippen LogP) is 3.75. The molecule has 0 bridgehead atoms. The molecule has 0 saturated carbocycles. The molecular weight excluding hydrogens is 404 g/mol. The average Bonchev–Trinajstić information content (AvgIpc) is 2.73. The van der Waals surface area contributed by atoms with Crippen molar-refractivity contribution < 1.29 is 22.7 Å². The second-order valence-electron chi connectivity index (χ2n) is 7.04. The first kappa shape index (κ1) is 23.4. The Morgan fingerprint density at radius 3 is 2.23 bits per heavy atom. The summed E-state index contributed by atoms with van der Waals surface area (Å²) >= 11 is 0. The molecule has 0 heterocycles. The maximum Gasteiger partial charge on any atom is 0.409 e. The van der Waals surface area contributed by atoms with Crippen LogP contribution in [0, 0.1) is 0 Å². The zero-order chi connectivity index (χ0) is 22.3. The van der Waals surface area contributed by atoms with E-state index in [-0.39, 0.29) is 11.3 Å². The number of rotatable bonds is 9. The molecular formula is C22H28N2O5S. The number of nitrogens with zero attached hydrogens (tertiary/aromatic N) is 1. The van der Waals surface area contributed by atoms with Gasteiger partial charge in [-0.1, -0.05) is 36.9 Å². The van der Waals surface area contributed by atoms with Gasteiger partial charge in [-0.15, -0.1) is 0 Å². The summed E-state index contributed by atoms with van der Waals surface area (Å²) in [5.41, 5.74) is 1.32. The Bertz CT molecular complexity index is 957. The normalized spacial score (nSPS) is 13.2. The molecule has 0 aromatic heterocycles. The SMILES string of the molecule is C=C(C[C@H](NS(=O)(=O)c1ccccc1)c1ccc(OC)cc1)[C@@H](C)OC(=O)N(C)C. The molecule has 0 spiro atoms. The molecule has 0 unspecified atom stereocenters. The minimum atomic E-state index is -3.77. The molecule has 7 nitrogen and oxygen atoms in total. The van der Waals surface area contributed by atoms with E-state index in [1.165, 1.54) is 17.0 Å². The van der Waals surface area contributed by atoms with Crippen molar-refractivity contribution in [2.45, 2.75) is 30.4 Å². The number of carbonyl (C=O) groups is 1. The van der Waals surface area contributed by atoms with Crippen LogP contribution in [-0.4, -0.2) is 46.7 Å². The topological polar surface area (TPSA) is 84.9 Å². The largest absolute Gasteiger partial charge is 0.497 e. The van der Waals surface area contributed by atoms with Gasteiger partial charge in [0.2, 0.25) is 10.0 Å². The average molecular weight is 433 g/mol. The summed E-state index contributed by atoms with van der Waals surface area (Å²) in [6, 6.07) is 14.7. The highest BCUT2D eigenvalue weighted by molar-refractivity contribution is 7.89. The standard InChI is InChI=1S/C22H28N2O5S/c1-16(17(2)29-22(25)24(3)4)15-21(18-11-13-19(28-5)14-12-18)23-30(26,27)20-9-7-6-8-10-20/h6-14,17,21,23H,1,15H2,2-5H3/t17-,21+/m1/s1. The first-order valence-corrected chi connectivity index (χ1v) is 10.9. The molecule has 1 N–H and O–H groups in total. The van der Waals surface area contributed by atoms with E-state index < -0.39 is 28.3 Å². The number of nitrogens with one attached hydrogen (secondary N) is 1. The highest BCUT2D eigenvalue weighted by Crippen LogP contribution is 2.27. The molecule has 0 aliphatic rings. The van der Waals surface area contributed by atoms with Crippen molar-refractivity contribution in [2.75, 3.05) is 21.2 Å². The van der Waals surface area contributed by atoms with Gasteiger partial charge in [-0.3, -0.25) is 0 Å². The number of amides is 1. The van der Waals surface area contributed by atoms with Crippen molar-refractivity contribution in [2.24, 2.45) is 0 Å². The molecule has 2 aromatic carbocycles. The lowest BCUT2D eigenvalue weighted by Crippen LogP contribution is -2.31. The molecule has 162 valence electrons. The van der Waals surface area contributed by atoms with E-state index in [2.05, 4.69) is 11.3 Å². The fourth-order valence-electron chi connectivity index (χ4n) is 2.69. The third kappa shape index (κ3) is 6.33. The maximum atomic E-state index is 12.9. The molecule has 30 heavy (non-hydrogen) atoms. The van der Waals surface area contributed by atoms with Gasteiger partial charge in [0.15, 0.2) is 0 Å². The van der Waals surface area contributed by atoms with Crippen molar-refractivity contribution >= 4 is 16.1 Å². The zero-order valence-electron chi connectivity index (χ0n) is 17.7. The number of sulfonamides is 1. The molecule has 2 aromatic rings. The van der Waals surface area contributed by atoms with E-state index in [0.717, 1.165) is 5.56 Å². The summed E-state index contributed by atoms with van der Waals surface area (Å²) in [7, 11) is 0.972. The van der Waals surface area contributed by atoms with Crippen molar-refractivity contribution in [3.63, 3.8) is 0 Å². The fourth-order valence-corrected chi connectivity index (χ4v) is 3.93. The summed E-state index contributed by atoms with van der Waals surface area (Å²) in [6.45, 7) is 5.72. The second kappa shape index (κ2) is 10.3.